The molecule has 1 aromatic heterocycles. The number of nitrogens with zero attached hydrogens (tertiary/aromatic N) is 1. The van der Waals surface area contributed by atoms with E-state index in [0.29, 0.717) is 5.33 Å². The first-order chi connectivity index (χ1) is 5.65. The number of halogens is 1. The highest BCUT2D eigenvalue weighted by Gasteiger charge is 2.10. The standard InChI is InChI=1S/C7H6BrNO2S/c1-5(4-8)6-2-3-7(12-6)9(10)11/h2-3H,1,4H2. The molecule has 0 radical (unpaired) electrons. The molecule has 0 amide bonds. The third-order valence-electron chi connectivity index (χ3n) is 1.28. The minimum absolute atomic E-state index is 0.159. The van der Waals surface area contributed by atoms with E-state index < -0.39 is 4.92 Å². The maximum Gasteiger partial charge on any atom is 0.324 e. The Labute approximate surface area is 82.0 Å². The number of alkyl halides is 1. The number of rotatable bonds is 3. The maximum absolute atomic E-state index is 10.3. The Kier molecular flexibility index (Phi) is 2.99. The van der Waals surface area contributed by atoms with E-state index in [1.807, 2.05) is 0 Å². The third-order valence-corrected chi connectivity index (χ3v) is 3.10. The molecular formula is C7H6BrNO2S. The molecule has 0 N–H and O–H groups in total. The van der Waals surface area contributed by atoms with Crippen LogP contribution in [0.25, 0.3) is 5.57 Å². The second-order valence-corrected chi connectivity index (χ2v) is 3.76. The molecule has 0 aliphatic carbocycles. The zero-order valence-electron chi connectivity index (χ0n) is 6.12. The zero-order chi connectivity index (χ0) is 9.14. The van der Waals surface area contributed by atoms with Gasteiger partial charge in [-0.05, 0) is 11.6 Å². The zero-order valence-corrected chi connectivity index (χ0v) is 8.52. The lowest BCUT2D eigenvalue weighted by Crippen LogP contribution is -1.80. The fourth-order valence-electron chi connectivity index (χ4n) is 0.682. The van der Waals surface area contributed by atoms with E-state index in [9.17, 15) is 10.1 Å². The van der Waals surface area contributed by atoms with E-state index in [1.54, 1.807) is 6.07 Å². The van der Waals surface area contributed by atoms with E-state index in [0.717, 1.165) is 21.8 Å². The minimum atomic E-state index is -0.393. The van der Waals surface area contributed by atoms with Crippen molar-refractivity contribution in [3.05, 3.63) is 33.7 Å². The van der Waals surface area contributed by atoms with Crippen molar-refractivity contribution < 1.29 is 4.92 Å². The lowest BCUT2D eigenvalue weighted by Gasteiger charge is -1.92. The van der Waals surface area contributed by atoms with Crippen molar-refractivity contribution >= 4 is 37.8 Å². The summed E-state index contributed by atoms with van der Waals surface area (Å²) in [4.78, 5) is 10.8. The first-order valence-corrected chi connectivity index (χ1v) is 5.07. The third kappa shape index (κ3) is 1.92. The van der Waals surface area contributed by atoms with Crippen LogP contribution < -0.4 is 0 Å². The van der Waals surface area contributed by atoms with Crippen LogP contribution in [0, 0.1) is 10.1 Å². The molecule has 1 rings (SSSR count). The van der Waals surface area contributed by atoms with Gasteiger partial charge >= 0.3 is 5.00 Å². The predicted octanol–water partition coefficient (Wildman–Crippen LogP) is 3.06. The molecule has 0 fully saturated rings. The fourth-order valence-corrected chi connectivity index (χ4v) is 1.96. The summed E-state index contributed by atoms with van der Waals surface area (Å²) in [5.74, 6) is 0. The highest BCUT2D eigenvalue weighted by molar-refractivity contribution is 9.09. The first kappa shape index (κ1) is 9.41. The summed E-state index contributed by atoms with van der Waals surface area (Å²) in [5, 5.41) is 11.1. The van der Waals surface area contributed by atoms with Gasteiger partial charge in [-0.25, -0.2) is 0 Å². The molecule has 5 heteroatoms. The van der Waals surface area contributed by atoms with Gasteiger partial charge in [0.1, 0.15) is 0 Å². The summed E-state index contributed by atoms with van der Waals surface area (Å²) in [6.07, 6.45) is 0. The molecule has 64 valence electrons. The van der Waals surface area contributed by atoms with Gasteiger partial charge in [-0.1, -0.05) is 33.8 Å². The molecule has 0 unspecified atom stereocenters. The summed E-state index contributed by atoms with van der Waals surface area (Å²) in [7, 11) is 0. The van der Waals surface area contributed by atoms with Crippen LogP contribution in [0.4, 0.5) is 5.00 Å². The number of allylic oxidation sites excluding steroid dienone is 1. The Morgan fingerprint density at radius 2 is 2.42 bits per heavy atom. The molecule has 1 aromatic rings. The molecule has 0 atom stereocenters. The minimum Gasteiger partial charge on any atom is -0.258 e. The summed E-state index contributed by atoms with van der Waals surface area (Å²) < 4.78 is 0. The molecule has 0 aromatic carbocycles. The van der Waals surface area contributed by atoms with Crippen LogP contribution >= 0.6 is 27.3 Å². The molecule has 0 saturated heterocycles. The van der Waals surface area contributed by atoms with Crippen LogP contribution in [0.2, 0.25) is 0 Å². The predicted molar refractivity (Wildman–Crippen MR) is 53.8 cm³/mol. The van der Waals surface area contributed by atoms with E-state index in [4.69, 9.17) is 0 Å². The normalized spacial score (nSPS) is 9.75. The maximum atomic E-state index is 10.3. The lowest BCUT2D eigenvalue weighted by molar-refractivity contribution is -0.380. The van der Waals surface area contributed by atoms with Gasteiger partial charge in [0, 0.05) is 16.3 Å². The SMILES string of the molecule is C=C(CBr)c1ccc([N+](=O)[O-])s1. The molecule has 3 nitrogen and oxygen atoms in total. The van der Waals surface area contributed by atoms with Gasteiger partial charge in [0.05, 0.1) is 4.92 Å². The van der Waals surface area contributed by atoms with Crippen LogP contribution in [0.3, 0.4) is 0 Å². The Bertz CT molecular complexity index is 321. The summed E-state index contributed by atoms with van der Waals surface area (Å²) >= 11 is 4.38. The Hall–Kier alpha value is -0.680. The van der Waals surface area contributed by atoms with Gasteiger partial charge < -0.3 is 0 Å². The highest BCUT2D eigenvalue weighted by Crippen LogP contribution is 2.29. The van der Waals surface area contributed by atoms with Crippen LogP contribution in [-0.4, -0.2) is 10.3 Å². The Morgan fingerprint density at radius 1 is 1.75 bits per heavy atom. The Morgan fingerprint density at radius 3 is 2.83 bits per heavy atom. The Balaban J connectivity index is 2.91. The van der Waals surface area contributed by atoms with Crippen LogP contribution in [0.15, 0.2) is 18.7 Å². The molecule has 0 aliphatic rings. The van der Waals surface area contributed by atoms with Gasteiger partial charge in [-0.15, -0.1) is 0 Å². The number of hydrogen-bond acceptors (Lipinski definition) is 3. The number of hydrogen-bond donors (Lipinski definition) is 0. The van der Waals surface area contributed by atoms with E-state index >= 15 is 0 Å². The van der Waals surface area contributed by atoms with E-state index in [2.05, 4.69) is 22.5 Å². The average Bonchev–Trinajstić information content (AvgIpc) is 2.51. The van der Waals surface area contributed by atoms with Gasteiger partial charge in [-0.2, -0.15) is 0 Å². The molecule has 0 spiro atoms. The van der Waals surface area contributed by atoms with E-state index in [-0.39, 0.29) is 5.00 Å². The summed E-state index contributed by atoms with van der Waals surface area (Å²) in [5.41, 5.74) is 0.869. The second-order valence-electron chi connectivity index (χ2n) is 2.13. The van der Waals surface area contributed by atoms with Gasteiger partial charge in [0.2, 0.25) is 0 Å². The molecule has 1 heterocycles. The first-order valence-electron chi connectivity index (χ1n) is 3.13. The topological polar surface area (TPSA) is 43.1 Å². The lowest BCUT2D eigenvalue weighted by atomic mass is 10.3. The fraction of sp³-hybridized carbons (Fsp3) is 0.143. The van der Waals surface area contributed by atoms with Crippen molar-refractivity contribution in [3.63, 3.8) is 0 Å². The largest absolute Gasteiger partial charge is 0.324 e. The van der Waals surface area contributed by atoms with Crippen molar-refractivity contribution in [2.75, 3.05) is 5.33 Å². The van der Waals surface area contributed by atoms with Crippen molar-refractivity contribution in [1.82, 2.24) is 0 Å². The monoisotopic (exact) mass is 247 g/mol. The van der Waals surface area contributed by atoms with Crippen molar-refractivity contribution in [2.45, 2.75) is 0 Å². The number of nitro groups is 1. The van der Waals surface area contributed by atoms with Gasteiger partial charge in [-0.3, -0.25) is 10.1 Å². The average molecular weight is 248 g/mol. The summed E-state index contributed by atoms with van der Waals surface area (Å²) in [6.45, 7) is 3.76. The summed E-state index contributed by atoms with van der Waals surface area (Å²) in [6, 6.07) is 3.21. The van der Waals surface area contributed by atoms with Crippen molar-refractivity contribution in [3.8, 4) is 0 Å². The molecule has 0 bridgehead atoms. The van der Waals surface area contributed by atoms with Crippen LogP contribution in [0.5, 0.6) is 0 Å². The molecule has 0 aliphatic heterocycles. The smallest absolute Gasteiger partial charge is 0.258 e. The molecule has 12 heavy (non-hydrogen) atoms. The van der Waals surface area contributed by atoms with Gasteiger partial charge in [0.15, 0.2) is 0 Å². The van der Waals surface area contributed by atoms with Crippen molar-refractivity contribution in [1.29, 1.82) is 0 Å². The van der Waals surface area contributed by atoms with E-state index in [1.165, 1.54) is 6.07 Å². The van der Waals surface area contributed by atoms with Crippen molar-refractivity contribution in [2.24, 2.45) is 0 Å². The quantitative estimate of drug-likeness (QED) is 0.468. The second kappa shape index (κ2) is 3.82. The van der Waals surface area contributed by atoms with Crippen LogP contribution in [0.1, 0.15) is 4.88 Å². The molecule has 0 saturated carbocycles. The van der Waals surface area contributed by atoms with Gasteiger partial charge in [0.25, 0.3) is 0 Å². The molecular weight excluding hydrogens is 242 g/mol. The highest BCUT2D eigenvalue weighted by atomic mass is 79.9. The number of thiophene rings is 1. The van der Waals surface area contributed by atoms with Crippen LogP contribution in [-0.2, 0) is 0 Å².